The Morgan fingerprint density at radius 3 is 2.80 bits per heavy atom. The van der Waals surface area contributed by atoms with Gasteiger partial charge in [0, 0.05) is 30.2 Å². The SMILES string of the molecule is CC(C)N1CCc2ccc(CCc3ccccn3)cc21. The maximum atomic E-state index is 4.40. The first-order valence-electron chi connectivity index (χ1n) is 7.52. The molecule has 0 radical (unpaired) electrons. The summed E-state index contributed by atoms with van der Waals surface area (Å²) in [6.45, 7) is 5.71. The van der Waals surface area contributed by atoms with E-state index >= 15 is 0 Å². The van der Waals surface area contributed by atoms with Crippen LogP contribution < -0.4 is 4.90 Å². The Bertz CT molecular complexity index is 575. The molecule has 2 heteroatoms. The van der Waals surface area contributed by atoms with E-state index < -0.39 is 0 Å². The molecule has 0 saturated heterocycles. The minimum atomic E-state index is 0.585. The highest BCUT2D eigenvalue weighted by Gasteiger charge is 2.21. The highest BCUT2D eigenvalue weighted by molar-refractivity contribution is 5.60. The van der Waals surface area contributed by atoms with Crippen molar-refractivity contribution < 1.29 is 0 Å². The number of hydrogen-bond donors (Lipinski definition) is 0. The Kier molecular flexibility index (Phi) is 3.72. The summed E-state index contributed by atoms with van der Waals surface area (Å²) < 4.78 is 0. The molecule has 104 valence electrons. The van der Waals surface area contributed by atoms with Gasteiger partial charge in [0.1, 0.15) is 0 Å². The van der Waals surface area contributed by atoms with Gasteiger partial charge in [-0.3, -0.25) is 4.98 Å². The van der Waals surface area contributed by atoms with E-state index in [1.807, 2.05) is 12.3 Å². The van der Waals surface area contributed by atoms with Crippen LogP contribution in [0.3, 0.4) is 0 Å². The van der Waals surface area contributed by atoms with Gasteiger partial charge in [-0.25, -0.2) is 0 Å². The van der Waals surface area contributed by atoms with Crippen LogP contribution in [0.2, 0.25) is 0 Å². The number of nitrogens with zero attached hydrogens (tertiary/aromatic N) is 2. The molecule has 0 amide bonds. The molecule has 0 fully saturated rings. The van der Waals surface area contributed by atoms with Crippen LogP contribution in [-0.2, 0) is 19.3 Å². The highest BCUT2D eigenvalue weighted by atomic mass is 15.2. The van der Waals surface area contributed by atoms with Crippen LogP contribution in [0.5, 0.6) is 0 Å². The Hall–Kier alpha value is -1.83. The van der Waals surface area contributed by atoms with Gasteiger partial charge in [-0.2, -0.15) is 0 Å². The number of aryl methyl sites for hydroxylation is 2. The fraction of sp³-hybridized carbons (Fsp3) is 0.389. The van der Waals surface area contributed by atoms with Crippen LogP contribution in [0.4, 0.5) is 5.69 Å². The molecule has 1 aromatic heterocycles. The third kappa shape index (κ3) is 2.69. The zero-order chi connectivity index (χ0) is 13.9. The van der Waals surface area contributed by atoms with Crippen molar-refractivity contribution in [2.75, 3.05) is 11.4 Å². The number of fused-ring (bicyclic) bond motifs is 1. The highest BCUT2D eigenvalue weighted by Crippen LogP contribution is 2.30. The van der Waals surface area contributed by atoms with Crippen LogP contribution in [0.1, 0.15) is 30.7 Å². The summed E-state index contributed by atoms with van der Waals surface area (Å²) in [5.41, 5.74) is 5.54. The number of aromatic nitrogens is 1. The lowest BCUT2D eigenvalue weighted by atomic mass is 10.0. The monoisotopic (exact) mass is 266 g/mol. The van der Waals surface area contributed by atoms with Crippen molar-refractivity contribution in [3.63, 3.8) is 0 Å². The van der Waals surface area contributed by atoms with Gasteiger partial charge >= 0.3 is 0 Å². The lowest BCUT2D eigenvalue weighted by Crippen LogP contribution is -2.28. The van der Waals surface area contributed by atoms with Crippen LogP contribution in [0.15, 0.2) is 42.6 Å². The van der Waals surface area contributed by atoms with Gasteiger partial charge in [-0.05, 0) is 62.4 Å². The molecule has 2 aromatic rings. The zero-order valence-corrected chi connectivity index (χ0v) is 12.3. The Morgan fingerprint density at radius 1 is 1.15 bits per heavy atom. The Morgan fingerprint density at radius 2 is 2.05 bits per heavy atom. The zero-order valence-electron chi connectivity index (χ0n) is 12.3. The van der Waals surface area contributed by atoms with Crippen molar-refractivity contribution in [2.24, 2.45) is 0 Å². The summed E-state index contributed by atoms with van der Waals surface area (Å²) in [6.07, 6.45) is 5.14. The van der Waals surface area contributed by atoms with E-state index in [1.165, 1.54) is 28.9 Å². The predicted octanol–water partition coefficient (Wildman–Crippen LogP) is 3.64. The molecule has 0 bridgehead atoms. The molecule has 1 aliphatic heterocycles. The molecule has 0 unspecified atom stereocenters. The van der Waals surface area contributed by atoms with Crippen LogP contribution in [0.25, 0.3) is 0 Å². The summed E-state index contributed by atoms with van der Waals surface area (Å²) in [5.74, 6) is 0. The maximum Gasteiger partial charge on any atom is 0.0406 e. The van der Waals surface area contributed by atoms with Crippen LogP contribution in [0, 0.1) is 0 Å². The third-order valence-electron chi connectivity index (χ3n) is 4.10. The summed E-state index contributed by atoms with van der Waals surface area (Å²) in [4.78, 5) is 6.91. The van der Waals surface area contributed by atoms with Gasteiger partial charge in [0.15, 0.2) is 0 Å². The quantitative estimate of drug-likeness (QED) is 0.840. The van der Waals surface area contributed by atoms with Crippen LogP contribution in [-0.4, -0.2) is 17.6 Å². The van der Waals surface area contributed by atoms with E-state index in [2.05, 4.69) is 54.1 Å². The van der Waals surface area contributed by atoms with E-state index in [1.54, 1.807) is 0 Å². The Balaban J connectivity index is 1.74. The number of pyridine rings is 1. The standard InChI is InChI=1S/C18H22N2/c1-14(2)20-12-10-16-8-6-15(13-18(16)20)7-9-17-5-3-4-11-19-17/h3-6,8,11,13-14H,7,9-10,12H2,1-2H3. The van der Waals surface area contributed by atoms with Crippen molar-refractivity contribution in [3.8, 4) is 0 Å². The first-order valence-corrected chi connectivity index (χ1v) is 7.52. The summed E-state index contributed by atoms with van der Waals surface area (Å²) in [6, 6.07) is 13.7. The van der Waals surface area contributed by atoms with Gasteiger partial charge in [-0.1, -0.05) is 18.2 Å². The van der Waals surface area contributed by atoms with Gasteiger partial charge in [0.2, 0.25) is 0 Å². The van der Waals surface area contributed by atoms with Crippen molar-refractivity contribution in [2.45, 2.75) is 39.2 Å². The van der Waals surface area contributed by atoms with Crippen molar-refractivity contribution in [1.82, 2.24) is 4.98 Å². The predicted molar refractivity (Wildman–Crippen MR) is 84.3 cm³/mol. The van der Waals surface area contributed by atoms with Gasteiger partial charge < -0.3 is 4.90 Å². The molecule has 0 aliphatic carbocycles. The van der Waals surface area contributed by atoms with E-state index in [0.29, 0.717) is 6.04 Å². The number of benzene rings is 1. The summed E-state index contributed by atoms with van der Waals surface area (Å²) in [7, 11) is 0. The van der Waals surface area contributed by atoms with Crippen molar-refractivity contribution in [1.29, 1.82) is 0 Å². The van der Waals surface area contributed by atoms with E-state index in [9.17, 15) is 0 Å². The van der Waals surface area contributed by atoms with Gasteiger partial charge in [-0.15, -0.1) is 0 Å². The number of hydrogen-bond acceptors (Lipinski definition) is 2. The molecule has 0 N–H and O–H groups in total. The molecule has 2 heterocycles. The second kappa shape index (κ2) is 5.66. The molecular formula is C18H22N2. The summed E-state index contributed by atoms with van der Waals surface area (Å²) >= 11 is 0. The first kappa shape index (κ1) is 13.2. The van der Waals surface area contributed by atoms with E-state index in [-0.39, 0.29) is 0 Å². The lowest BCUT2D eigenvalue weighted by Gasteiger charge is -2.24. The average molecular weight is 266 g/mol. The van der Waals surface area contributed by atoms with Crippen molar-refractivity contribution in [3.05, 3.63) is 59.4 Å². The second-order valence-corrected chi connectivity index (χ2v) is 5.82. The normalized spacial score (nSPS) is 13.8. The minimum absolute atomic E-state index is 0.585. The molecule has 0 spiro atoms. The number of rotatable bonds is 4. The van der Waals surface area contributed by atoms with E-state index in [4.69, 9.17) is 0 Å². The van der Waals surface area contributed by atoms with Crippen molar-refractivity contribution >= 4 is 5.69 Å². The minimum Gasteiger partial charge on any atom is -0.369 e. The largest absolute Gasteiger partial charge is 0.369 e. The third-order valence-corrected chi connectivity index (χ3v) is 4.10. The Labute approximate surface area is 121 Å². The van der Waals surface area contributed by atoms with Crippen LogP contribution >= 0.6 is 0 Å². The first-order chi connectivity index (χ1) is 9.74. The topological polar surface area (TPSA) is 16.1 Å². The lowest BCUT2D eigenvalue weighted by molar-refractivity contribution is 0.710. The summed E-state index contributed by atoms with van der Waals surface area (Å²) in [5, 5.41) is 0. The average Bonchev–Trinajstić information content (AvgIpc) is 2.89. The molecule has 1 aliphatic rings. The fourth-order valence-electron chi connectivity index (χ4n) is 2.96. The second-order valence-electron chi connectivity index (χ2n) is 5.82. The molecular weight excluding hydrogens is 244 g/mol. The maximum absolute atomic E-state index is 4.40. The molecule has 3 rings (SSSR count). The molecule has 0 atom stereocenters. The molecule has 2 nitrogen and oxygen atoms in total. The van der Waals surface area contributed by atoms with Gasteiger partial charge in [0.05, 0.1) is 0 Å². The number of anilines is 1. The van der Waals surface area contributed by atoms with E-state index in [0.717, 1.165) is 19.4 Å². The fourth-order valence-corrected chi connectivity index (χ4v) is 2.96. The smallest absolute Gasteiger partial charge is 0.0406 e. The molecule has 1 aromatic carbocycles. The molecule has 0 saturated carbocycles. The molecule has 20 heavy (non-hydrogen) atoms. The van der Waals surface area contributed by atoms with Gasteiger partial charge in [0.25, 0.3) is 0 Å².